The highest BCUT2D eigenvalue weighted by Crippen LogP contribution is 2.34. The number of nitrogens with one attached hydrogen (secondary N) is 3. The minimum absolute atomic E-state index is 0.168. The van der Waals surface area contributed by atoms with Crippen molar-refractivity contribution < 1.29 is 9.47 Å². The molecule has 0 fully saturated rings. The molecule has 0 saturated heterocycles. The molecule has 0 amide bonds. The van der Waals surface area contributed by atoms with Gasteiger partial charge in [-0.05, 0) is 51.5 Å². The zero-order chi connectivity index (χ0) is 23.1. The summed E-state index contributed by atoms with van der Waals surface area (Å²) in [5.41, 5.74) is 5.05. The predicted octanol–water partition coefficient (Wildman–Crippen LogP) is 4.77. The molecule has 0 aliphatic rings. The van der Waals surface area contributed by atoms with Gasteiger partial charge >= 0.3 is 0 Å². The fourth-order valence-electron chi connectivity index (χ4n) is 3.20. The molecular formula is C24H30N6O2. The Kier molecular flexibility index (Phi) is 7.59. The van der Waals surface area contributed by atoms with Crippen LogP contribution in [-0.2, 0) is 6.54 Å². The van der Waals surface area contributed by atoms with E-state index in [1.54, 1.807) is 26.4 Å². The standard InChI is InChI=1S/C24H30N6O2/c1-6-32-24-18(8-7-11-26-24)19-12-20(23(29-15(2)3)22(30-19)16(4)25)27-13-17-9-10-21(31-5)28-14-17/h7-12,14-15,25,29H,6,13H2,1-5H3,(H,27,30). The number of hydrogen-bond acceptors (Lipinski definition) is 8. The Hall–Kier alpha value is -3.68. The van der Waals surface area contributed by atoms with Gasteiger partial charge in [0.25, 0.3) is 0 Å². The van der Waals surface area contributed by atoms with Gasteiger partial charge in [0.15, 0.2) is 0 Å². The number of nitrogens with zero attached hydrogens (tertiary/aromatic N) is 3. The van der Waals surface area contributed by atoms with Crippen molar-refractivity contribution in [3.05, 3.63) is 54.0 Å². The number of rotatable bonds is 10. The maximum atomic E-state index is 8.35. The predicted molar refractivity (Wildman–Crippen MR) is 128 cm³/mol. The molecule has 0 unspecified atom stereocenters. The number of ether oxygens (including phenoxy) is 2. The lowest BCUT2D eigenvalue weighted by molar-refractivity contribution is 0.328. The lowest BCUT2D eigenvalue weighted by Crippen LogP contribution is -2.17. The highest BCUT2D eigenvalue weighted by Gasteiger charge is 2.18. The first-order chi connectivity index (χ1) is 15.4. The summed E-state index contributed by atoms with van der Waals surface area (Å²) in [4.78, 5) is 13.4. The van der Waals surface area contributed by atoms with Gasteiger partial charge in [0.05, 0.1) is 42.1 Å². The molecule has 3 rings (SSSR count). The Labute approximate surface area is 189 Å². The third kappa shape index (κ3) is 5.51. The van der Waals surface area contributed by atoms with E-state index < -0.39 is 0 Å². The van der Waals surface area contributed by atoms with Gasteiger partial charge in [-0.2, -0.15) is 0 Å². The molecule has 0 spiro atoms. The van der Waals surface area contributed by atoms with Crippen LogP contribution in [0.3, 0.4) is 0 Å². The van der Waals surface area contributed by atoms with E-state index in [0.717, 1.165) is 22.5 Å². The van der Waals surface area contributed by atoms with Crippen molar-refractivity contribution in [1.82, 2.24) is 15.0 Å². The number of methoxy groups -OCH3 is 1. The molecule has 32 heavy (non-hydrogen) atoms. The van der Waals surface area contributed by atoms with Crippen molar-refractivity contribution in [2.45, 2.75) is 40.3 Å². The smallest absolute Gasteiger partial charge is 0.222 e. The Morgan fingerprint density at radius 1 is 1.19 bits per heavy atom. The molecule has 3 N–H and O–H groups in total. The maximum absolute atomic E-state index is 8.35. The Morgan fingerprint density at radius 3 is 2.62 bits per heavy atom. The van der Waals surface area contributed by atoms with Crippen LogP contribution in [0.1, 0.15) is 39.0 Å². The zero-order valence-electron chi connectivity index (χ0n) is 19.2. The van der Waals surface area contributed by atoms with Crippen molar-refractivity contribution in [2.24, 2.45) is 0 Å². The van der Waals surface area contributed by atoms with Crippen LogP contribution in [0.15, 0.2) is 42.7 Å². The van der Waals surface area contributed by atoms with Gasteiger partial charge in [0.1, 0.15) is 5.69 Å². The Bertz CT molecular complexity index is 1070. The van der Waals surface area contributed by atoms with Gasteiger partial charge in [-0.1, -0.05) is 6.07 Å². The van der Waals surface area contributed by atoms with Gasteiger partial charge < -0.3 is 25.5 Å². The lowest BCUT2D eigenvalue weighted by Gasteiger charge is -2.21. The molecule has 168 valence electrons. The second-order valence-corrected chi connectivity index (χ2v) is 7.55. The molecule has 0 bridgehead atoms. The average Bonchev–Trinajstić information content (AvgIpc) is 2.78. The van der Waals surface area contributed by atoms with Crippen molar-refractivity contribution >= 4 is 17.1 Å². The minimum atomic E-state index is 0.168. The average molecular weight is 435 g/mol. The fourth-order valence-corrected chi connectivity index (χ4v) is 3.20. The Morgan fingerprint density at radius 2 is 2.00 bits per heavy atom. The van der Waals surface area contributed by atoms with Crippen molar-refractivity contribution in [2.75, 3.05) is 24.4 Å². The molecule has 0 aliphatic carbocycles. The number of aromatic nitrogens is 3. The maximum Gasteiger partial charge on any atom is 0.222 e. The molecule has 8 nitrogen and oxygen atoms in total. The van der Waals surface area contributed by atoms with Crippen LogP contribution < -0.4 is 20.1 Å². The van der Waals surface area contributed by atoms with E-state index in [1.165, 1.54) is 0 Å². The Balaban J connectivity index is 2.06. The van der Waals surface area contributed by atoms with Crippen LogP contribution in [0.2, 0.25) is 0 Å². The van der Waals surface area contributed by atoms with Crippen molar-refractivity contribution in [1.29, 1.82) is 5.41 Å². The third-order valence-electron chi connectivity index (χ3n) is 4.63. The SMILES string of the molecule is CCOc1ncccc1-c1cc(NCc2ccc(OC)nc2)c(NC(C)C)c(C(C)=N)n1. The molecule has 0 saturated carbocycles. The summed E-state index contributed by atoms with van der Waals surface area (Å²) in [5, 5.41) is 15.3. The van der Waals surface area contributed by atoms with Crippen LogP contribution in [0.5, 0.6) is 11.8 Å². The fraction of sp³-hybridized carbons (Fsp3) is 0.333. The van der Waals surface area contributed by atoms with E-state index in [4.69, 9.17) is 19.9 Å². The first kappa shape index (κ1) is 23.0. The molecule has 3 aromatic rings. The number of hydrogen-bond donors (Lipinski definition) is 3. The molecule has 0 aromatic carbocycles. The van der Waals surface area contributed by atoms with Crippen LogP contribution in [0.25, 0.3) is 11.3 Å². The van der Waals surface area contributed by atoms with E-state index in [-0.39, 0.29) is 6.04 Å². The quantitative estimate of drug-likeness (QED) is 0.395. The van der Waals surface area contributed by atoms with Gasteiger partial charge in [-0.25, -0.2) is 15.0 Å². The van der Waals surface area contributed by atoms with Crippen molar-refractivity contribution in [3.63, 3.8) is 0 Å². The van der Waals surface area contributed by atoms with E-state index in [9.17, 15) is 0 Å². The summed E-state index contributed by atoms with van der Waals surface area (Å²) >= 11 is 0. The summed E-state index contributed by atoms with van der Waals surface area (Å²) in [6.07, 6.45) is 3.47. The molecular weight excluding hydrogens is 404 g/mol. The molecule has 3 heterocycles. The summed E-state index contributed by atoms with van der Waals surface area (Å²) in [5.74, 6) is 1.09. The van der Waals surface area contributed by atoms with Gasteiger partial charge in [-0.15, -0.1) is 0 Å². The van der Waals surface area contributed by atoms with Crippen LogP contribution in [0.4, 0.5) is 11.4 Å². The van der Waals surface area contributed by atoms with Crippen LogP contribution >= 0.6 is 0 Å². The largest absolute Gasteiger partial charge is 0.481 e. The normalized spacial score (nSPS) is 10.7. The second-order valence-electron chi connectivity index (χ2n) is 7.55. The third-order valence-corrected chi connectivity index (χ3v) is 4.63. The van der Waals surface area contributed by atoms with Gasteiger partial charge in [0, 0.05) is 31.0 Å². The van der Waals surface area contributed by atoms with Gasteiger partial charge in [0.2, 0.25) is 11.8 Å². The van der Waals surface area contributed by atoms with Crippen molar-refractivity contribution in [3.8, 4) is 23.0 Å². The minimum Gasteiger partial charge on any atom is -0.481 e. The summed E-state index contributed by atoms with van der Waals surface area (Å²) < 4.78 is 10.9. The highest BCUT2D eigenvalue weighted by atomic mass is 16.5. The monoisotopic (exact) mass is 434 g/mol. The highest BCUT2D eigenvalue weighted by molar-refractivity contribution is 6.03. The number of pyridine rings is 3. The van der Waals surface area contributed by atoms with E-state index >= 15 is 0 Å². The molecule has 8 heteroatoms. The lowest BCUT2D eigenvalue weighted by atomic mass is 10.1. The molecule has 0 radical (unpaired) electrons. The molecule has 3 aromatic heterocycles. The molecule has 0 aliphatic heterocycles. The topological polar surface area (TPSA) is 105 Å². The second kappa shape index (κ2) is 10.6. The summed E-state index contributed by atoms with van der Waals surface area (Å²) in [7, 11) is 1.60. The van der Waals surface area contributed by atoms with Gasteiger partial charge in [-0.3, -0.25) is 0 Å². The molecule has 0 atom stereocenters. The van der Waals surface area contributed by atoms with E-state index in [1.807, 2.05) is 37.3 Å². The van der Waals surface area contributed by atoms with Crippen LogP contribution in [-0.4, -0.2) is 40.4 Å². The zero-order valence-corrected chi connectivity index (χ0v) is 19.2. The van der Waals surface area contributed by atoms with E-state index in [2.05, 4.69) is 34.4 Å². The first-order valence-electron chi connectivity index (χ1n) is 10.6. The number of anilines is 2. The first-order valence-corrected chi connectivity index (χ1v) is 10.6. The van der Waals surface area contributed by atoms with Crippen LogP contribution in [0, 0.1) is 5.41 Å². The van der Waals surface area contributed by atoms with E-state index in [0.29, 0.717) is 42.0 Å². The summed E-state index contributed by atoms with van der Waals surface area (Å²) in [6.45, 7) is 8.83. The summed E-state index contributed by atoms with van der Waals surface area (Å²) in [6, 6.07) is 9.71.